The summed E-state index contributed by atoms with van der Waals surface area (Å²) in [4.78, 5) is 16.9. The third kappa shape index (κ3) is 4.95. The molecule has 0 fully saturated rings. The molecule has 0 radical (unpaired) electrons. The van der Waals surface area contributed by atoms with Gasteiger partial charge in [0.1, 0.15) is 11.6 Å². The van der Waals surface area contributed by atoms with E-state index >= 15 is 0 Å². The van der Waals surface area contributed by atoms with Crippen LogP contribution in [-0.4, -0.2) is 32.2 Å². The van der Waals surface area contributed by atoms with Gasteiger partial charge in [-0.15, -0.1) is 0 Å². The SMILES string of the molecule is COc1ccccc1NC(=O)c1ccnc(NCc2ccc(OC)c(OC)c2)c1. The minimum Gasteiger partial charge on any atom is -0.495 e. The highest BCUT2D eigenvalue weighted by atomic mass is 16.5. The fourth-order valence-corrected chi connectivity index (χ4v) is 2.79. The molecule has 0 spiro atoms. The van der Waals surface area contributed by atoms with Gasteiger partial charge in [0.15, 0.2) is 11.5 Å². The first-order chi connectivity index (χ1) is 14.1. The van der Waals surface area contributed by atoms with Crippen LogP contribution in [-0.2, 0) is 6.54 Å². The van der Waals surface area contributed by atoms with Gasteiger partial charge in [0.2, 0.25) is 0 Å². The van der Waals surface area contributed by atoms with E-state index in [1.54, 1.807) is 51.8 Å². The van der Waals surface area contributed by atoms with E-state index in [0.717, 1.165) is 5.56 Å². The number of nitrogens with zero attached hydrogens (tertiary/aromatic N) is 1. The molecule has 0 aliphatic heterocycles. The van der Waals surface area contributed by atoms with E-state index in [0.29, 0.717) is 40.9 Å². The Bertz CT molecular complexity index is 991. The van der Waals surface area contributed by atoms with E-state index in [9.17, 15) is 4.79 Å². The summed E-state index contributed by atoms with van der Waals surface area (Å²) >= 11 is 0. The molecular weight excluding hydrogens is 370 g/mol. The summed E-state index contributed by atoms with van der Waals surface area (Å²) in [6.07, 6.45) is 1.59. The summed E-state index contributed by atoms with van der Waals surface area (Å²) in [5.41, 5.74) is 2.09. The number of pyridine rings is 1. The standard InChI is InChI=1S/C22H23N3O4/c1-27-18-7-5-4-6-17(18)25-22(26)16-10-11-23-21(13-16)24-14-15-8-9-19(28-2)20(12-15)29-3/h4-13H,14H2,1-3H3,(H,23,24)(H,25,26). The Hall–Kier alpha value is -3.74. The van der Waals surface area contributed by atoms with Crippen LogP contribution in [0, 0.1) is 0 Å². The number of benzene rings is 2. The number of methoxy groups -OCH3 is 3. The lowest BCUT2D eigenvalue weighted by molar-refractivity contribution is 0.102. The van der Waals surface area contributed by atoms with E-state index in [4.69, 9.17) is 14.2 Å². The number of anilines is 2. The van der Waals surface area contributed by atoms with Crippen LogP contribution in [0.15, 0.2) is 60.8 Å². The second-order valence-corrected chi connectivity index (χ2v) is 6.13. The quantitative estimate of drug-likeness (QED) is 0.603. The molecule has 0 atom stereocenters. The van der Waals surface area contributed by atoms with Crippen molar-refractivity contribution in [3.8, 4) is 17.2 Å². The van der Waals surface area contributed by atoms with Crippen molar-refractivity contribution < 1.29 is 19.0 Å². The van der Waals surface area contributed by atoms with Gasteiger partial charge < -0.3 is 24.8 Å². The van der Waals surface area contributed by atoms with Gasteiger partial charge in [-0.3, -0.25) is 4.79 Å². The molecule has 0 bridgehead atoms. The van der Waals surface area contributed by atoms with Crippen LogP contribution in [0.2, 0.25) is 0 Å². The fraction of sp³-hybridized carbons (Fsp3) is 0.182. The first kappa shape index (κ1) is 20.0. The van der Waals surface area contributed by atoms with Crippen molar-refractivity contribution in [2.75, 3.05) is 32.0 Å². The van der Waals surface area contributed by atoms with Gasteiger partial charge in [-0.2, -0.15) is 0 Å². The molecule has 1 heterocycles. The van der Waals surface area contributed by atoms with Crippen LogP contribution < -0.4 is 24.8 Å². The average Bonchev–Trinajstić information content (AvgIpc) is 2.78. The van der Waals surface area contributed by atoms with Crippen molar-refractivity contribution in [3.63, 3.8) is 0 Å². The van der Waals surface area contributed by atoms with E-state index in [-0.39, 0.29) is 5.91 Å². The Morgan fingerprint density at radius 3 is 2.41 bits per heavy atom. The van der Waals surface area contributed by atoms with Crippen LogP contribution in [0.5, 0.6) is 17.2 Å². The number of hydrogen-bond acceptors (Lipinski definition) is 6. The molecule has 1 amide bonds. The molecule has 0 aliphatic carbocycles. The molecule has 29 heavy (non-hydrogen) atoms. The maximum absolute atomic E-state index is 12.6. The van der Waals surface area contributed by atoms with Crippen molar-refractivity contribution >= 4 is 17.4 Å². The summed E-state index contributed by atoms with van der Waals surface area (Å²) < 4.78 is 15.8. The molecule has 2 aromatic carbocycles. The Labute approximate surface area is 169 Å². The first-order valence-corrected chi connectivity index (χ1v) is 8.99. The molecule has 3 aromatic rings. The summed E-state index contributed by atoms with van der Waals surface area (Å²) in [6.45, 7) is 0.519. The van der Waals surface area contributed by atoms with Crippen molar-refractivity contribution in [1.82, 2.24) is 4.98 Å². The zero-order chi connectivity index (χ0) is 20.6. The molecule has 7 heteroatoms. The number of aromatic nitrogens is 1. The van der Waals surface area contributed by atoms with Crippen LogP contribution in [0.3, 0.4) is 0 Å². The number of para-hydroxylation sites is 2. The first-order valence-electron chi connectivity index (χ1n) is 8.99. The normalized spacial score (nSPS) is 10.2. The number of ether oxygens (including phenoxy) is 3. The summed E-state index contributed by atoms with van der Waals surface area (Å²) in [5, 5.41) is 6.08. The van der Waals surface area contributed by atoms with Crippen molar-refractivity contribution in [2.24, 2.45) is 0 Å². The lowest BCUT2D eigenvalue weighted by atomic mass is 10.2. The molecule has 2 N–H and O–H groups in total. The third-order valence-corrected chi connectivity index (χ3v) is 4.30. The lowest BCUT2D eigenvalue weighted by Crippen LogP contribution is -2.13. The highest BCUT2D eigenvalue weighted by molar-refractivity contribution is 6.05. The van der Waals surface area contributed by atoms with Gasteiger partial charge in [-0.25, -0.2) is 4.98 Å². The number of hydrogen-bond donors (Lipinski definition) is 2. The topological polar surface area (TPSA) is 81.7 Å². The van der Waals surface area contributed by atoms with Gasteiger partial charge in [-0.1, -0.05) is 18.2 Å². The Morgan fingerprint density at radius 1 is 0.897 bits per heavy atom. The number of nitrogens with one attached hydrogen (secondary N) is 2. The van der Waals surface area contributed by atoms with E-state index in [2.05, 4.69) is 15.6 Å². The molecule has 3 rings (SSSR count). The molecule has 1 aromatic heterocycles. The van der Waals surface area contributed by atoms with Crippen LogP contribution in [0.1, 0.15) is 15.9 Å². The monoisotopic (exact) mass is 393 g/mol. The lowest BCUT2D eigenvalue weighted by Gasteiger charge is -2.12. The molecule has 0 saturated carbocycles. The van der Waals surface area contributed by atoms with Gasteiger partial charge in [-0.05, 0) is 42.0 Å². The van der Waals surface area contributed by atoms with Crippen LogP contribution in [0.4, 0.5) is 11.5 Å². The number of amides is 1. The van der Waals surface area contributed by atoms with Crippen LogP contribution in [0.25, 0.3) is 0 Å². The van der Waals surface area contributed by atoms with E-state index < -0.39 is 0 Å². The predicted octanol–water partition coefficient (Wildman–Crippen LogP) is 3.97. The molecular formula is C22H23N3O4. The molecule has 0 aliphatic rings. The molecule has 0 unspecified atom stereocenters. The number of carbonyl (C=O) groups is 1. The number of carbonyl (C=O) groups excluding carboxylic acids is 1. The summed E-state index contributed by atoms with van der Waals surface area (Å²) in [6, 6.07) is 16.3. The van der Waals surface area contributed by atoms with E-state index in [1.807, 2.05) is 30.3 Å². The maximum Gasteiger partial charge on any atom is 0.255 e. The largest absolute Gasteiger partial charge is 0.495 e. The minimum atomic E-state index is -0.244. The van der Waals surface area contributed by atoms with Crippen molar-refractivity contribution in [3.05, 3.63) is 71.9 Å². The zero-order valence-corrected chi connectivity index (χ0v) is 16.6. The summed E-state index contributed by atoms with van der Waals surface area (Å²) in [5.74, 6) is 2.27. The molecule has 0 saturated heterocycles. The smallest absolute Gasteiger partial charge is 0.255 e. The van der Waals surface area contributed by atoms with Crippen molar-refractivity contribution in [2.45, 2.75) is 6.54 Å². The maximum atomic E-state index is 12.6. The average molecular weight is 393 g/mol. The Morgan fingerprint density at radius 2 is 1.66 bits per heavy atom. The predicted molar refractivity (Wildman–Crippen MR) is 112 cm³/mol. The Kier molecular flexibility index (Phi) is 6.52. The molecule has 7 nitrogen and oxygen atoms in total. The third-order valence-electron chi connectivity index (χ3n) is 4.30. The summed E-state index contributed by atoms with van der Waals surface area (Å²) in [7, 11) is 4.76. The van der Waals surface area contributed by atoms with Gasteiger partial charge in [0.25, 0.3) is 5.91 Å². The highest BCUT2D eigenvalue weighted by Gasteiger charge is 2.11. The van der Waals surface area contributed by atoms with Gasteiger partial charge in [0.05, 0.1) is 27.0 Å². The van der Waals surface area contributed by atoms with Gasteiger partial charge in [0, 0.05) is 18.3 Å². The highest BCUT2D eigenvalue weighted by Crippen LogP contribution is 2.28. The molecule has 150 valence electrons. The number of rotatable bonds is 8. The minimum absolute atomic E-state index is 0.244. The zero-order valence-electron chi connectivity index (χ0n) is 16.6. The second-order valence-electron chi connectivity index (χ2n) is 6.13. The fourth-order valence-electron chi connectivity index (χ4n) is 2.79. The van der Waals surface area contributed by atoms with E-state index in [1.165, 1.54) is 0 Å². The van der Waals surface area contributed by atoms with Crippen LogP contribution >= 0.6 is 0 Å². The van der Waals surface area contributed by atoms with Crippen molar-refractivity contribution in [1.29, 1.82) is 0 Å². The Balaban J connectivity index is 1.68. The second kappa shape index (κ2) is 9.45. The van der Waals surface area contributed by atoms with Gasteiger partial charge >= 0.3 is 0 Å².